The number of nitriles is 1. The molecule has 0 saturated heterocycles. The third-order valence-corrected chi connectivity index (χ3v) is 2.55. The normalized spacial score (nSPS) is 10.2. The van der Waals surface area contributed by atoms with Crippen molar-refractivity contribution in [2.45, 2.75) is 20.3 Å². The van der Waals surface area contributed by atoms with Gasteiger partial charge in [0.05, 0.1) is 17.1 Å². The molecule has 0 spiro atoms. The Labute approximate surface area is 89.2 Å². The molecule has 0 bridgehead atoms. The molecule has 0 saturated carbocycles. The Hall–Kier alpha value is -1.88. The van der Waals surface area contributed by atoms with Gasteiger partial charge in [0.15, 0.2) is 0 Å². The van der Waals surface area contributed by atoms with E-state index in [9.17, 15) is 0 Å². The van der Waals surface area contributed by atoms with Crippen LogP contribution in [0.1, 0.15) is 23.7 Å². The molecule has 2 nitrogen and oxygen atoms in total. The maximum Gasteiger partial charge on any atom is 0.0999 e. The van der Waals surface area contributed by atoms with Gasteiger partial charge in [0.1, 0.15) is 0 Å². The van der Waals surface area contributed by atoms with Crippen LogP contribution in [0, 0.1) is 18.3 Å². The van der Waals surface area contributed by atoms with Crippen molar-refractivity contribution in [2.75, 3.05) is 0 Å². The Morgan fingerprint density at radius 3 is 2.87 bits per heavy atom. The van der Waals surface area contributed by atoms with Crippen molar-refractivity contribution in [3.8, 4) is 6.07 Å². The maximum atomic E-state index is 9.05. The highest BCUT2D eigenvalue weighted by Crippen LogP contribution is 2.21. The Bertz CT molecular complexity index is 550. The summed E-state index contributed by atoms with van der Waals surface area (Å²) in [6.45, 7) is 4.03. The lowest BCUT2D eigenvalue weighted by atomic mass is 10.0. The van der Waals surface area contributed by atoms with Gasteiger partial charge in [-0.3, -0.25) is 4.98 Å². The van der Waals surface area contributed by atoms with Crippen LogP contribution in [0.2, 0.25) is 0 Å². The van der Waals surface area contributed by atoms with Crippen LogP contribution in [-0.2, 0) is 6.42 Å². The molecule has 0 aliphatic heterocycles. The van der Waals surface area contributed by atoms with Crippen molar-refractivity contribution in [3.05, 3.63) is 41.1 Å². The van der Waals surface area contributed by atoms with Gasteiger partial charge in [0.2, 0.25) is 0 Å². The Morgan fingerprint density at radius 2 is 2.20 bits per heavy atom. The molecule has 0 fully saturated rings. The summed E-state index contributed by atoms with van der Waals surface area (Å²) in [7, 11) is 0. The number of hydrogen-bond donors (Lipinski definition) is 0. The van der Waals surface area contributed by atoms with Gasteiger partial charge in [-0.1, -0.05) is 25.1 Å². The molecule has 2 heteroatoms. The van der Waals surface area contributed by atoms with Crippen LogP contribution in [0.5, 0.6) is 0 Å². The quantitative estimate of drug-likeness (QED) is 0.703. The van der Waals surface area contributed by atoms with E-state index in [0.717, 1.165) is 23.0 Å². The smallest absolute Gasteiger partial charge is 0.0999 e. The highest BCUT2D eigenvalue weighted by Gasteiger charge is 2.05. The molecule has 0 aliphatic rings. The molecule has 1 aromatic carbocycles. The number of para-hydroxylation sites is 1. The fourth-order valence-corrected chi connectivity index (χ4v) is 1.81. The van der Waals surface area contributed by atoms with Crippen molar-refractivity contribution in [2.24, 2.45) is 0 Å². The molecule has 1 aromatic heterocycles. The molecule has 2 rings (SSSR count). The first-order valence-electron chi connectivity index (χ1n) is 5.05. The summed E-state index contributed by atoms with van der Waals surface area (Å²) >= 11 is 0. The van der Waals surface area contributed by atoms with Gasteiger partial charge in [-0.25, -0.2) is 0 Å². The van der Waals surface area contributed by atoms with Crippen LogP contribution in [0.15, 0.2) is 24.3 Å². The number of pyridine rings is 1. The zero-order valence-corrected chi connectivity index (χ0v) is 8.91. The predicted molar refractivity (Wildman–Crippen MR) is 60.6 cm³/mol. The number of aryl methyl sites for hydroxylation is 2. The van der Waals surface area contributed by atoms with Crippen molar-refractivity contribution >= 4 is 10.9 Å². The third-order valence-electron chi connectivity index (χ3n) is 2.55. The molecule has 0 unspecified atom stereocenters. The molecule has 0 N–H and O–H groups in total. The Morgan fingerprint density at radius 1 is 1.40 bits per heavy atom. The highest BCUT2D eigenvalue weighted by molar-refractivity contribution is 5.87. The fraction of sp³-hybridized carbons (Fsp3) is 0.231. The number of hydrogen-bond acceptors (Lipinski definition) is 2. The molecular formula is C13H12N2. The second-order valence-corrected chi connectivity index (χ2v) is 3.59. The molecule has 0 radical (unpaired) electrons. The number of nitrogens with zero attached hydrogens (tertiary/aromatic N) is 2. The van der Waals surface area contributed by atoms with Crippen molar-refractivity contribution in [3.63, 3.8) is 0 Å². The Kier molecular flexibility index (Phi) is 2.39. The molecule has 2 aromatic rings. The van der Waals surface area contributed by atoms with Crippen molar-refractivity contribution < 1.29 is 0 Å². The van der Waals surface area contributed by atoms with Crippen molar-refractivity contribution in [1.29, 1.82) is 5.26 Å². The Balaban J connectivity index is 2.90. The van der Waals surface area contributed by atoms with Gasteiger partial charge < -0.3 is 0 Å². The first-order chi connectivity index (χ1) is 7.26. The van der Waals surface area contributed by atoms with Crippen LogP contribution >= 0.6 is 0 Å². The standard InChI is InChI=1S/C13H12N2/c1-3-10-5-4-6-12-11(8-14)7-9(2)15-13(10)12/h4-7H,3H2,1-2H3. The molecule has 74 valence electrons. The summed E-state index contributed by atoms with van der Waals surface area (Å²) in [5.74, 6) is 0. The summed E-state index contributed by atoms with van der Waals surface area (Å²) in [6, 6.07) is 10.1. The van der Waals surface area contributed by atoms with E-state index in [1.807, 2.05) is 25.1 Å². The van der Waals surface area contributed by atoms with Crippen LogP contribution in [-0.4, -0.2) is 4.98 Å². The molecular weight excluding hydrogens is 184 g/mol. The highest BCUT2D eigenvalue weighted by atomic mass is 14.7. The monoisotopic (exact) mass is 196 g/mol. The summed E-state index contributed by atoms with van der Waals surface area (Å²) in [6.07, 6.45) is 0.943. The van der Waals surface area contributed by atoms with Gasteiger partial charge in [-0.2, -0.15) is 5.26 Å². The van der Waals surface area contributed by atoms with Gasteiger partial charge in [-0.05, 0) is 25.0 Å². The topological polar surface area (TPSA) is 36.7 Å². The van der Waals surface area contributed by atoms with E-state index in [2.05, 4.69) is 24.0 Å². The van der Waals surface area contributed by atoms with Gasteiger partial charge >= 0.3 is 0 Å². The number of aromatic nitrogens is 1. The van der Waals surface area contributed by atoms with E-state index in [1.165, 1.54) is 5.56 Å². The molecule has 0 aliphatic carbocycles. The summed E-state index contributed by atoms with van der Waals surface area (Å²) in [5.41, 5.74) is 3.79. The average molecular weight is 196 g/mol. The van der Waals surface area contributed by atoms with E-state index in [1.54, 1.807) is 0 Å². The van der Waals surface area contributed by atoms with Gasteiger partial charge in [0, 0.05) is 11.1 Å². The third kappa shape index (κ3) is 1.57. The SMILES string of the molecule is CCc1cccc2c(C#N)cc(C)nc12. The maximum absolute atomic E-state index is 9.05. The van der Waals surface area contributed by atoms with Crippen LogP contribution < -0.4 is 0 Å². The molecule has 15 heavy (non-hydrogen) atoms. The van der Waals surface area contributed by atoms with Crippen LogP contribution in [0.25, 0.3) is 10.9 Å². The first-order valence-corrected chi connectivity index (χ1v) is 5.05. The second-order valence-electron chi connectivity index (χ2n) is 3.59. The molecule has 0 amide bonds. The fourth-order valence-electron chi connectivity index (χ4n) is 1.81. The van der Waals surface area contributed by atoms with E-state index in [4.69, 9.17) is 5.26 Å². The van der Waals surface area contributed by atoms with E-state index in [0.29, 0.717) is 5.56 Å². The number of rotatable bonds is 1. The summed E-state index contributed by atoms with van der Waals surface area (Å²) < 4.78 is 0. The zero-order chi connectivity index (χ0) is 10.8. The number of fused-ring (bicyclic) bond motifs is 1. The zero-order valence-electron chi connectivity index (χ0n) is 8.91. The summed E-state index contributed by atoms with van der Waals surface area (Å²) in [5, 5.41) is 10.0. The average Bonchev–Trinajstić information content (AvgIpc) is 2.27. The second kappa shape index (κ2) is 3.70. The van der Waals surface area contributed by atoms with E-state index < -0.39 is 0 Å². The lowest BCUT2D eigenvalue weighted by Crippen LogP contribution is -1.92. The minimum atomic E-state index is 0.716. The minimum absolute atomic E-state index is 0.716. The largest absolute Gasteiger partial charge is 0.253 e. The lowest BCUT2D eigenvalue weighted by Gasteiger charge is -2.05. The number of benzene rings is 1. The predicted octanol–water partition coefficient (Wildman–Crippen LogP) is 2.98. The van der Waals surface area contributed by atoms with Gasteiger partial charge in [0.25, 0.3) is 0 Å². The minimum Gasteiger partial charge on any atom is -0.253 e. The van der Waals surface area contributed by atoms with Gasteiger partial charge in [-0.15, -0.1) is 0 Å². The first kappa shape index (κ1) is 9.67. The van der Waals surface area contributed by atoms with Crippen LogP contribution in [0.3, 0.4) is 0 Å². The molecule has 0 atom stereocenters. The summed E-state index contributed by atoms with van der Waals surface area (Å²) in [4.78, 5) is 4.50. The van der Waals surface area contributed by atoms with E-state index >= 15 is 0 Å². The lowest BCUT2D eigenvalue weighted by molar-refractivity contribution is 1.13. The van der Waals surface area contributed by atoms with Crippen molar-refractivity contribution in [1.82, 2.24) is 4.98 Å². The molecule has 1 heterocycles. The van der Waals surface area contributed by atoms with Crippen LogP contribution in [0.4, 0.5) is 0 Å². The van der Waals surface area contributed by atoms with E-state index in [-0.39, 0.29) is 0 Å².